The normalized spacial score (nSPS) is 10.2. The molecule has 1 heterocycles. The summed E-state index contributed by atoms with van der Waals surface area (Å²) in [4.78, 5) is 23.7. The summed E-state index contributed by atoms with van der Waals surface area (Å²) in [5, 5.41) is 2.56. The van der Waals surface area contributed by atoms with Crippen LogP contribution in [0.2, 0.25) is 0 Å². The Morgan fingerprint density at radius 1 is 1.26 bits per heavy atom. The molecule has 1 aromatic heterocycles. The number of aromatic nitrogens is 1. The molecule has 0 aliphatic carbocycles. The maximum absolute atomic E-state index is 12.3. The Hall–Kier alpha value is -2.28. The largest absolute Gasteiger partial charge is 0.450 e. The number of aryl methyl sites for hydroxylation is 1. The number of esters is 1. The molecule has 1 N–H and O–H groups in total. The van der Waals surface area contributed by atoms with Gasteiger partial charge in [-0.2, -0.15) is 0 Å². The highest BCUT2D eigenvalue weighted by Gasteiger charge is 2.15. The monoisotopic (exact) mass is 380 g/mol. The Bertz CT molecular complexity index is 712. The van der Waals surface area contributed by atoms with Crippen molar-refractivity contribution in [2.24, 2.45) is 0 Å². The molecule has 0 spiro atoms. The zero-order valence-electron chi connectivity index (χ0n) is 12.8. The first-order valence-electron chi connectivity index (χ1n) is 7.15. The first-order chi connectivity index (χ1) is 11.0. The maximum Gasteiger partial charge on any atom is 0.411 e. The zero-order valence-corrected chi connectivity index (χ0v) is 14.4. The minimum atomic E-state index is -0.556. The van der Waals surface area contributed by atoms with Gasteiger partial charge in [-0.05, 0) is 48.0 Å². The predicted molar refractivity (Wildman–Crippen MR) is 89.9 cm³/mol. The molecule has 2 rings (SSSR count). The molecule has 0 saturated carbocycles. The van der Waals surface area contributed by atoms with E-state index in [-0.39, 0.29) is 6.61 Å². The van der Waals surface area contributed by atoms with Gasteiger partial charge in [-0.15, -0.1) is 0 Å². The number of hydrogen-bond acceptors (Lipinski definition) is 4. The topological polar surface area (TPSA) is 69.6 Å². The molecular weight excluding hydrogens is 364 g/mol. The molecule has 0 aliphatic heterocycles. The maximum atomic E-state index is 12.3. The summed E-state index contributed by atoms with van der Waals surface area (Å²) < 4.78 is 12.8. The van der Waals surface area contributed by atoms with Gasteiger partial charge in [-0.25, -0.2) is 9.59 Å². The highest BCUT2D eigenvalue weighted by atomic mass is 79.9. The summed E-state index contributed by atoms with van der Waals surface area (Å²) in [6.45, 7) is 4.59. The molecule has 0 unspecified atom stereocenters. The van der Waals surface area contributed by atoms with Gasteiger partial charge in [0, 0.05) is 29.0 Å². The van der Waals surface area contributed by atoms with Gasteiger partial charge < -0.3 is 14.0 Å². The number of benzene rings is 1. The van der Waals surface area contributed by atoms with E-state index in [9.17, 15) is 9.59 Å². The molecule has 0 aliphatic rings. The number of nitrogens with one attached hydrogen (secondary N) is 1. The molecule has 122 valence electrons. The van der Waals surface area contributed by atoms with Crippen molar-refractivity contribution in [2.45, 2.75) is 20.4 Å². The first-order valence-corrected chi connectivity index (χ1v) is 7.94. The van der Waals surface area contributed by atoms with Crippen LogP contribution >= 0.6 is 15.9 Å². The van der Waals surface area contributed by atoms with Crippen molar-refractivity contribution in [1.82, 2.24) is 4.57 Å². The van der Waals surface area contributed by atoms with Gasteiger partial charge in [-0.1, -0.05) is 6.07 Å². The van der Waals surface area contributed by atoms with Crippen LogP contribution in [-0.2, 0) is 11.3 Å². The van der Waals surface area contributed by atoms with Gasteiger partial charge in [0.15, 0.2) is 0 Å². The molecule has 1 amide bonds. The van der Waals surface area contributed by atoms with Crippen molar-refractivity contribution in [3.63, 3.8) is 0 Å². The number of amides is 1. The third kappa shape index (κ3) is 4.59. The number of hydrogen-bond donors (Lipinski definition) is 1. The molecule has 0 bridgehead atoms. The minimum Gasteiger partial charge on any atom is -0.450 e. The van der Waals surface area contributed by atoms with Crippen molar-refractivity contribution in [3.05, 3.63) is 46.7 Å². The van der Waals surface area contributed by atoms with E-state index < -0.39 is 12.1 Å². The number of carbonyl (C=O) groups excluding carboxylic acids is 2. The van der Waals surface area contributed by atoms with Crippen LogP contribution in [0.15, 0.2) is 41.0 Å². The Balaban J connectivity index is 2.10. The molecule has 0 radical (unpaired) electrons. The van der Waals surface area contributed by atoms with Crippen molar-refractivity contribution in [2.75, 3.05) is 11.9 Å². The number of halogens is 1. The SMILES string of the molecule is CCOC(=O)Nc1cccc(OC(=O)c2cc(Br)cn2CC)c1. The Morgan fingerprint density at radius 3 is 2.74 bits per heavy atom. The summed E-state index contributed by atoms with van der Waals surface area (Å²) in [6.07, 6.45) is 1.26. The second-order valence-corrected chi connectivity index (χ2v) is 5.51. The van der Waals surface area contributed by atoms with Gasteiger partial charge in [-0.3, -0.25) is 5.32 Å². The molecule has 2 aromatic rings. The molecule has 6 nitrogen and oxygen atoms in total. The van der Waals surface area contributed by atoms with Gasteiger partial charge in [0.1, 0.15) is 11.4 Å². The minimum absolute atomic E-state index is 0.281. The molecule has 0 fully saturated rings. The van der Waals surface area contributed by atoms with Crippen LogP contribution in [-0.4, -0.2) is 23.2 Å². The van der Waals surface area contributed by atoms with Crippen molar-refractivity contribution in [1.29, 1.82) is 0 Å². The van der Waals surface area contributed by atoms with E-state index in [0.717, 1.165) is 4.47 Å². The number of anilines is 1. The van der Waals surface area contributed by atoms with E-state index in [0.29, 0.717) is 23.7 Å². The highest BCUT2D eigenvalue weighted by molar-refractivity contribution is 9.10. The summed E-state index contributed by atoms with van der Waals surface area (Å²) in [5.74, 6) is -0.130. The summed E-state index contributed by atoms with van der Waals surface area (Å²) in [6, 6.07) is 8.26. The first kappa shape index (κ1) is 17.1. The van der Waals surface area contributed by atoms with Crippen molar-refractivity contribution < 1.29 is 19.1 Å². The zero-order chi connectivity index (χ0) is 16.8. The number of ether oxygens (including phenoxy) is 2. The summed E-state index contributed by atoms with van der Waals surface area (Å²) in [7, 11) is 0. The van der Waals surface area contributed by atoms with Crippen LogP contribution in [0.5, 0.6) is 5.75 Å². The lowest BCUT2D eigenvalue weighted by Gasteiger charge is -2.09. The van der Waals surface area contributed by atoms with Crippen LogP contribution in [0.4, 0.5) is 10.5 Å². The number of nitrogens with zero attached hydrogens (tertiary/aromatic N) is 1. The highest BCUT2D eigenvalue weighted by Crippen LogP contribution is 2.21. The summed E-state index contributed by atoms with van der Waals surface area (Å²) >= 11 is 3.34. The van der Waals surface area contributed by atoms with Crippen LogP contribution in [0.25, 0.3) is 0 Å². The fourth-order valence-corrected chi connectivity index (χ4v) is 2.45. The fourth-order valence-electron chi connectivity index (χ4n) is 1.99. The van der Waals surface area contributed by atoms with Crippen molar-refractivity contribution in [3.8, 4) is 5.75 Å². The molecule has 0 atom stereocenters. The lowest BCUT2D eigenvalue weighted by atomic mass is 10.3. The van der Waals surface area contributed by atoms with Gasteiger partial charge in [0.05, 0.1) is 6.61 Å². The van der Waals surface area contributed by atoms with E-state index in [2.05, 4.69) is 21.2 Å². The molecule has 1 aromatic carbocycles. The standard InChI is InChI=1S/C16H17BrN2O4/c1-3-19-10-11(17)8-14(19)15(20)23-13-7-5-6-12(9-13)18-16(21)22-4-2/h5-10H,3-4H2,1-2H3,(H,18,21). The van der Waals surface area contributed by atoms with E-state index in [1.807, 2.05) is 13.1 Å². The van der Waals surface area contributed by atoms with Crippen LogP contribution < -0.4 is 10.1 Å². The van der Waals surface area contributed by atoms with Gasteiger partial charge in [0.2, 0.25) is 0 Å². The lowest BCUT2D eigenvalue weighted by molar-refractivity contribution is 0.0723. The lowest BCUT2D eigenvalue weighted by Crippen LogP contribution is -2.15. The third-order valence-electron chi connectivity index (χ3n) is 2.98. The smallest absolute Gasteiger partial charge is 0.411 e. The molecule has 23 heavy (non-hydrogen) atoms. The van der Waals surface area contributed by atoms with Gasteiger partial charge in [0.25, 0.3) is 0 Å². The summed E-state index contributed by atoms with van der Waals surface area (Å²) in [5.41, 5.74) is 0.934. The van der Waals surface area contributed by atoms with E-state index in [1.165, 1.54) is 0 Å². The van der Waals surface area contributed by atoms with Crippen LogP contribution in [0.1, 0.15) is 24.3 Å². The fraction of sp³-hybridized carbons (Fsp3) is 0.250. The Morgan fingerprint density at radius 2 is 2.04 bits per heavy atom. The number of rotatable bonds is 5. The number of carbonyl (C=O) groups is 2. The second kappa shape index (κ2) is 7.82. The second-order valence-electron chi connectivity index (χ2n) is 4.59. The van der Waals surface area contributed by atoms with Crippen LogP contribution in [0, 0.1) is 0 Å². The third-order valence-corrected chi connectivity index (χ3v) is 3.41. The molecule has 0 saturated heterocycles. The average molecular weight is 381 g/mol. The van der Waals surface area contributed by atoms with Gasteiger partial charge >= 0.3 is 12.1 Å². The van der Waals surface area contributed by atoms with E-state index in [4.69, 9.17) is 9.47 Å². The quantitative estimate of drug-likeness (QED) is 0.627. The Labute approximate surface area is 142 Å². The predicted octanol–water partition coefficient (Wildman–Crippen LogP) is 4.06. The molecular formula is C16H17BrN2O4. The van der Waals surface area contributed by atoms with Crippen LogP contribution in [0.3, 0.4) is 0 Å². The van der Waals surface area contributed by atoms with E-state index >= 15 is 0 Å². The van der Waals surface area contributed by atoms with E-state index in [1.54, 1.807) is 41.8 Å². The Kier molecular flexibility index (Phi) is 5.81. The van der Waals surface area contributed by atoms with Crippen molar-refractivity contribution >= 4 is 33.7 Å². The molecule has 7 heteroatoms. The average Bonchev–Trinajstić information content (AvgIpc) is 2.89.